The van der Waals surface area contributed by atoms with E-state index >= 15 is 0 Å². The van der Waals surface area contributed by atoms with Crippen LogP contribution in [0.3, 0.4) is 0 Å². The Morgan fingerprint density at radius 3 is 2.77 bits per heavy atom. The molecule has 2 aliphatic rings. The number of unbranched alkanes of at least 4 members (excludes halogenated alkanes) is 1. The lowest BCUT2D eigenvalue weighted by atomic mass is 9.91. The summed E-state index contributed by atoms with van der Waals surface area (Å²) in [6.45, 7) is 6.93. The summed E-state index contributed by atoms with van der Waals surface area (Å²) in [5.74, 6) is 1.88. The molecule has 13 heavy (non-hydrogen) atoms. The Bertz CT molecular complexity index is 268. The summed E-state index contributed by atoms with van der Waals surface area (Å²) in [5.41, 5.74) is 4.99. The van der Waals surface area contributed by atoms with E-state index in [4.69, 9.17) is 0 Å². The van der Waals surface area contributed by atoms with E-state index in [0.29, 0.717) is 0 Å². The van der Waals surface area contributed by atoms with Crippen molar-refractivity contribution in [3.05, 3.63) is 22.8 Å². The molecule has 2 atom stereocenters. The molecule has 0 spiro atoms. The molecule has 0 aromatic heterocycles. The first-order valence-corrected chi connectivity index (χ1v) is 5.62. The predicted molar refractivity (Wildman–Crippen MR) is 57.6 cm³/mol. The van der Waals surface area contributed by atoms with Gasteiger partial charge in [0.25, 0.3) is 0 Å². The minimum atomic E-state index is 0.936. The van der Waals surface area contributed by atoms with Gasteiger partial charge in [0.1, 0.15) is 0 Å². The molecule has 72 valence electrons. The second kappa shape index (κ2) is 3.32. The van der Waals surface area contributed by atoms with Crippen molar-refractivity contribution < 1.29 is 0 Å². The summed E-state index contributed by atoms with van der Waals surface area (Å²) in [5, 5.41) is 0. The standard InChI is InChI=1S/C13H20/c1-4-5-6-11-7-9(2)12-8-13(12)10(11)3/h7,12-13H,4-6,8H2,1-3H3. The van der Waals surface area contributed by atoms with Gasteiger partial charge in [-0.1, -0.05) is 30.6 Å². The SMILES string of the molecule is CCCCC1=C(C)C2CC2C(C)=C1. The van der Waals surface area contributed by atoms with Crippen LogP contribution in [0.4, 0.5) is 0 Å². The van der Waals surface area contributed by atoms with Crippen molar-refractivity contribution in [3.63, 3.8) is 0 Å². The molecule has 0 saturated heterocycles. The van der Waals surface area contributed by atoms with Crippen LogP contribution in [0.5, 0.6) is 0 Å². The quantitative estimate of drug-likeness (QED) is 0.607. The number of allylic oxidation sites excluding steroid dienone is 4. The third kappa shape index (κ3) is 1.59. The zero-order valence-electron chi connectivity index (χ0n) is 9.06. The molecular weight excluding hydrogens is 156 g/mol. The molecule has 0 heteroatoms. The van der Waals surface area contributed by atoms with Gasteiger partial charge in [0.2, 0.25) is 0 Å². The van der Waals surface area contributed by atoms with Crippen molar-refractivity contribution in [2.24, 2.45) is 11.8 Å². The van der Waals surface area contributed by atoms with Crippen molar-refractivity contribution in [2.45, 2.75) is 46.5 Å². The van der Waals surface area contributed by atoms with E-state index in [1.165, 1.54) is 25.7 Å². The van der Waals surface area contributed by atoms with Crippen LogP contribution < -0.4 is 0 Å². The van der Waals surface area contributed by atoms with Crippen molar-refractivity contribution in [1.29, 1.82) is 0 Å². The topological polar surface area (TPSA) is 0 Å². The normalized spacial score (nSPS) is 31.5. The van der Waals surface area contributed by atoms with Gasteiger partial charge in [0.05, 0.1) is 0 Å². The third-order valence-corrected chi connectivity index (χ3v) is 3.64. The van der Waals surface area contributed by atoms with Crippen LogP contribution in [-0.2, 0) is 0 Å². The number of hydrogen-bond acceptors (Lipinski definition) is 0. The van der Waals surface area contributed by atoms with Crippen LogP contribution in [-0.4, -0.2) is 0 Å². The Morgan fingerprint density at radius 2 is 2.08 bits per heavy atom. The zero-order chi connectivity index (χ0) is 9.42. The van der Waals surface area contributed by atoms with Crippen LogP contribution in [0.15, 0.2) is 22.8 Å². The highest BCUT2D eigenvalue weighted by Crippen LogP contribution is 2.53. The van der Waals surface area contributed by atoms with Crippen LogP contribution in [0, 0.1) is 11.8 Å². The summed E-state index contributed by atoms with van der Waals surface area (Å²) >= 11 is 0. The Morgan fingerprint density at radius 1 is 1.31 bits per heavy atom. The third-order valence-electron chi connectivity index (χ3n) is 3.64. The fourth-order valence-electron chi connectivity index (χ4n) is 2.55. The van der Waals surface area contributed by atoms with Crippen molar-refractivity contribution in [3.8, 4) is 0 Å². The summed E-state index contributed by atoms with van der Waals surface area (Å²) in [6, 6.07) is 0. The van der Waals surface area contributed by atoms with Gasteiger partial charge in [-0.05, 0) is 50.5 Å². The fourth-order valence-corrected chi connectivity index (χ4v) is 2.55. The molecular formula is C13H20. The maximum absolute atomic E-state index is 2.46. The molecule has 1 fully saturated rings. The van der Waals surface area contributed by atoms with Gasteiger partial charge in [-0.3, -0.25) is 0 Å². The van der Waals surface area contributed by atoms with E-state index in [9.17, 15) is 0 Å². The number of hydrogen-bond donors (Lipinski definition) is 0. The Balaban J connectivity index is 2.11. The van der Waals surface area contributed by atoms with Gasteiger partial charge < -0.3 is 0 Å². The van der Waals surface area contributed by atoms with Gasteiger partial charge in [0, 0.05) is 0 Å². The molecule has 0 N–H and O–H groups in total. The molecule has 0 nitrogen and oxygen atoms in total. The summed E-state index contributed by atoms with van der Waals surface area (Å²) < 4.78 is 0. The second-order valence-corrected chi connectivity index (χ2v) is 4.65. The highest BCUT2D eigenvalue weighted by molar-refractivity contribution is 5.40. The molecule has 0 aromatic carbocycles. The molecule has 0 aliphatic heterocycles. The number of fused-ring (bicyclic) bond motifs is 1. The van der Waals surface area contributed by atoms with E-state index in [0.717, 1.165) is 11.8 Å². The van der Waals surface area contributed by atoms with Gasteiger partial charge in [-0.2, -0.15) is 0 Å². The minimum absolute atomic E-state index is 0.936. The molecule has 2 aliphatic carbocycles. The first-order chi connectivity index (χ1) is 6.24. The first-order valence-electron chi connectivity index (χ1n) is 5.62. The zero-order valence-corrected chi connectivity index (χ0v) is 9.06. The van der Waals surface area contributed by atoms with Gasteiger partial charge >= 0.3 is 0 Å². The molecule has 2 unspecified atom stereocenters. The van der Waals surface area contributed by atoms with Gasteiger partial charge in [-0.15, -0.1) is 0 Å². The molecule has 0 amide bonds. The van der Waals surface area contributed by atoms with Gasteiger partial charge in [0.15, 0.2) is 0 Å². The lowest BCUT2D eigenvalue weighted by molar-refractivity contribution is 0.759. The molecule has 1 saturated carbocycles. The minimum Gasteiger partial charge on any atom is -0.0693 e. The van der Waals surface area contributed by atoms with Crippen LogP contribution in [0.1, 0.15) is 46.5 Å². The molecule has 0 heterocycles. The van der Waals surface area contributed by atoms with Crippen molar-refractivity contribution in [2.75, 3.05) is 0 Å². The fraction of sp³-hybridized carbons (Fsp3) is 0.692. The summed E-state index contributed by atoms with van der Waals surface area (Å²) in [6.07, 6.45) is 7.87. The summed E-state index contributed by atoms with van der Waals surface area (Å²) in [7, 11) is 0. The largest absolute Gasteiger partial charge is 0.0693 e. The molecule has 2 rings (SSSR count). The Labute approximate surface area is 81.7 Å². The Kier molecular flexibility index (Phi) is 2.31. The van der Waals surface area contributed by atoms with E-state index in [1.54, 1.807) is 16.7 Å². The van der Waals surface area contributed by atoms with E-state index < -0.39 is 0 Å². The van der Waals surface area contributed by atoms with Crippen LogP contribution >= 0.6 is 0 Å². The van der Waals surface area contributed by atoms with Gasteiger partial charge in [-0.25, -0.2) is 0 Å². The predicted octanol–water partition coefficient (Wildman–Crippen LogP) is 4.09. The maximum Gasteiger partial charge on any atom is -0.0128 e. The van der Waals surface area contributed by atoms with Crippen molar-refractivity contribution in [1.82, 2.24) is 0 Å². The van der Waals surface area contributed by atoms with E-state index in [2.05, 4.69) is 26.8 Å². The number of rotatable bonds is 3. The monoisotopic (exact) mass is 176 g/mol. The smallest absolute Gasteiger partial charge is 0.0128 e. The van der Waals surface area contributed by atoms with Crippen LogP contribution in [0.2, 0.25) is 0 Å². The lowest BCUT2D eigenvalue weighted by Crippen LogP contribution is -1.99. The molecule has 0 aromatic rings. The second-order valence-electron chi connectivity index (χ2n) is 4.65. The van der Waals surface area contributed by atoms with E-state index in [1.807, 2.05) is 0 Å². The first kappa shape index (κ1) is 9.05. The average molecular weight is 176 g/mol. The highest BCUT2D eigenvalue weighted by atomic mass is 14.5. The molecule has 0 bridgehead atoms. The maximum atomic E-state index is 2.46. The summed E-state index contributed by atoms with van der Waals surface area (Å²) in [4.78, 5) is 0. The van der Waals surface area contributed by atoms with E-state index in [-0.39, 0.29) is 0 Å². The highest BCUT2D eigenvalue weighted by Gasteiger charge is 2.42. The lowest BCUT2D eigenvalue weighted by Gasteiger charge is -2.14. The average Bonchev–Trinajstić information content (AvgIpc) is 2.88. The molecule has 0 radical (unpaired) electrons. The van der Waals surface area contributed by atoms with Crippen LogP contribution in [0.25, 0.3) is 0 Å². The van der Waals surface area contributed by atoms with Crippen molar-refractivity contribution >= 4 is 0 Å². The Hall–Kier alpha value is -0.520.